The lowest BCUT2D eigenvalue weighted by atomic mass is 10.1. The van der Waals surface area contributed by atoms with Crippen molar-refractivity contribution in [3.05, 3.63) is 36.5 Å². The van der Waals surface area contributed by atoms with Gasteiger partial charge in [-0.2, -0.15) is 0 Å². The van der Waals surface area contributed by atoms with Crippen molar-refractivity contribution in [3.8, 4) is 0 Å². The summed E-state index contributed by atoms with van der Waals surface area (Å²) in [6.07, 6.45) is 9.52. The summed E-state index contributed by atoms with van der Waals surface area (Å²) in [5.41, 5.74) is 1.18. The molecule has 0 bridgehead atoms. The van der Waals surface area contributed by atoms with Crippen LogP contribution in [0.3, 0.4) is 0 Å². The zero-order chi connectivity index (χ0) is 8.53. The van der Waals surface area contributed by atoms with E-state index in [1.165, 1.54) is 5.57 Å². The minimum Gasteiger partial charge on any atom is -0.396 e. The lowest BCUT2D eigenvalue weighted by molar-refractivity contribution is 0.289. The lowest BCUT2D eigenvalue weighted by Gasteiger charge is -1.96. The molecule has 1 N–H and O–H groups in total. The Kier molecular flexibility index (Phi) is 6.75. The van der Waals surface area contributed by atoms with Crippen LogP contribution in [0.4, 0.5) is 0 Å². The van der Waals surface area contributed by atoms with Crippen LogP contribution < -0.4 is 0 Å². The van der Waals surface area contributed by atoms with Crippen LogP contribution in [0.5, 0.6) is 0 Å². The van der Waals surface area contributed by atoms with Crippen molar-refractivity contribution in [2.24, 2.45) is 0 Å². The number of rotatable bonds is 5. The van der Waals surface area contributed by atoms with Crippen LogP contribution >= 0.6 is 0 Å². The van der Waals surface area contributed by atoms with E-state index in [0.717, 1.165) is 12.8 Å². The Bertz CT molecular complexity index is 154. The Hall–Kier alpha value is -0.820. The van der Waals surface area contributed by atoms with E-state index in [1.54, 1.807) is 0 Å². The molecule has 0 aromatic carbocycles. The second-order valence-electron chi connectivity index (χ2n) is 2.30. The summed E-state index contributed by atoms with van der Waals surface area (Å²) >= 11 is 0. The minimum absolute atomic E-state index is 0.251. The molecule has 1 nitrogen and oxygen atoms in total. The summed E-state index contributed by atoms with van der Waals surface area (Å²) in [6, 6.07) is 0. The zero-order valence-corrected chi connectivity index (χ0v) is 7.09. The van der Waals surface area contributed by atoms with Crippen molar-refractivity contribution >= 4 is 0 Å². The fourth-order valence-corrected chi connectivity index (χ4v) is 0.756. The van der Waals surface area contributed by atoms with Crippen LogP contribution in [0.1, 0.15) is 19.8 Å². The van der Waals surface area contributed by atoms with Gasteiger partial charge < -0.3 is 5.11 Å². The number of aliphatic hydroxyl groups is 1. The highest BCUT2D eigenvalue weighted by atomic mass is 16.2. The van der Waals surface area contributed by atoms with Gasteiger partial charge in [-0.05, 0) is 25.3 Å². The molecule has 0 aliphatic heterocycles. The van der Waals surface area contributed by atoms with Gasteiger partial charge in [0.15, 0.2) is 0 Å². The fourth-order valence-electron chi connectivity index (χ4n) is 0.756. The van der Waals surface area contributed by atoms with Crippen LogP contribution in [-0.4, -0.2) is 11.7 Å². The van der Waals surface area contributed by atoms with Crippen molar-refractivity contribution in [2.45, 2.75) is 19.8 Å². The van der Waals surface area contributed by atoms with E-state index < -0.39 is 0 Å². The van der Waals surface area contributed by atoms with Gasteiger partial charge in [-0.3, -0.25) is 0 Å². The average molecular weight is 152 g/mol. The molecule has 0 atom stereocenters. The first-order valence-corrected chi connectivity index (χ1v) is 3.90. The van der Waals surface area contributed by atoms with Gasteiger partial charge in [0.2, 0.25) is 0 Å². The predicted molar refractivity (Wildman–Crippen MR) is 49.4 cm³/mol. The van der Waals surface area contributed by atoms with Crippen LogP contribution in [0.25, 0.3) is 0 Å². The molecule has 1 heteroatoms. The Labute approximate surface area is 68.7 Å². The van der Waals surface area contributed by atoms with Gasteiger partial charge in [-0.15, -0.1) is 0 Å². The Morgan fingerprint density at radius 3 is 2.73 bits per heavy atom. The van der Waals surface area contributed by atoms with Crippen molar-refractivity contribution in [1.82, 2.24) is 0 Å². The SMILES string of the molecule is C=C/C(=C\C=C/C)CCCO. The van der Waals surface area contributed by atoms with E-state index in [0.29, 0.717) is 0 Å². The molecular weight excluding hydrogens is 136 g/mol. The van der Waals surface area contributed by atoms with Crippen molar-refractivity contribution in [2.75, 3.05) is 6.61 Å². The van der Waals surface area contributed by atoms with Gasteiger partial charge in [0.05, 0.1) is 0 Å². The molecule has 0 aromatic rings. The topological polar surface area (TPSA) is 20.2 Å². The molecule has 11 heavy (non-hydrogen) atoms. The molecule has 0 aliphatic rings. The largest absolute Gasteiger partial charge is 0.396 e. The molecule has 0 rings (SSSR count). The summed E-state index contributed by atoms with van der Waals surface area (Å²) in [5, 5.41) is 8.56. The summed E-state index contributed by atoms with van der Waals surface area (Å²) in [4.78, 5) is 0. The average Bonchev–Trinajstić information content (AvgIpc) is 2.05. The van der Waals surface area contributed by atoms with Crippen molar-refractivity contribution in [1.29, 1.82) is 0 Å². The monoisotopic (exact) mass is 152 g/mol. The van der Waals surface area contributed by atoms with Gasteiger partial charge in [-0.25, -0.2) is 0 Å². The van der Waals surface area contributed by atoms with E-state index in [1.807, 2.05) is 31.2 Å². The molecule has 0 saturated carbocycles. The summed E-state index contributed by atoms with van der Waals surface area (Å²) < 4.78 is 0. The maximum absolute atomic E-state index is 8.56. The third-order valence-electron chi connectivity index (χ3n) is 1.39. The summed E-state index contributed by atoms with van der Waals surface area (Å²) in [6.45, 7) is 5.91. The van der Waals surface area contributed by atoms with Gasteiger partial charge >= 0.3 is 0 Å². The molecule has 0 amide bonds. The van der Waals surface area contributed by atoms with E-state index in [4.69, 9.17) is 5.11 Å². The van der Waals surface area contributed by atoms with Crippen molar-refractivity contribution < 1.29 is 5.11 Å². The van der Waals surface area contributed by atoms with Gasteiger partial charge in [0.25, 0.3) is 0 Å². The van der Waals surface area contributed by atoms with Crippen LogP contribution in [0.2, 0.25) is 0 Å². The molecule has 62 valence electrons. The first kappa shape index (κ1) is 10.2. The number of hydrogen-bond acceptors (Lipinski definition) is 1. The predicted octanol–water partition coefficient (Wildman–Crippen LogP) is 2.45. The lowest BCUT2D eigenvalue weighted by Crippen LogP contribution is -1.84. The smallest absolute Gasteiger partial charge is 0.0434 e. The molecule has 0 saturated heterocycles. The van der Waals surface area contributed by atoms with E-state index in [9.17, 15) is 0 Å². The number of hydrogen-bond donors (Lipinski definition) is 1. The highest BCUT2D eigenvalue weighted by Crippen LogP contribution is 2.05. The standard InChI is InChI=1S/C10H16O/c1-3-5-7-10(4-2)8-6-9-11/h3-5,7,11H,2,6,8-9H2,1H3/b5-3-,10-7+. The summed E-state index contributed by atoms with van der Waals surface area (Å²) in [5.74, 6) is 0. The molecule has 0 unspecified atom stereocenters. The van der Waals surface area contributed by atoms with Crippen LogP contribution in [-0.2, 0) is 0 Å². The van der Waals surface area contributed by atoms with Gasteiger partial charge in [0.1, 0.15) is 0 Å². The van der Waals surface area contributed by atoms with Gasteiger partial charge in [0, 0.05) is 6.61 Å². The van der Waals surface area contributed by atoms with Gasteiger partial charge in [-0.1, -0.05) is 30.9 Å². The number of aliphatic hydroxyl groups excluding tert-OH is 1. The maximum Gasteiger partial charge on any atom is 0.0434 e. The minimum atomic E-state index is 0.251. The molecule has 0 heterocycles. The Morgan fingerprint density at radius 2 is 2.27 bits per heavy atom. The number of allylic oxidation sites excluding steroid dienone is 5. The summed E-state index contributed by atoms with van der Waals surface area (Å²) in [7, 11) is 0. The third-order valence-corrected chi connectivity index (χ3v) is 1.39. The van der Waals surface area contributed by atoms with E-state index in [2.05, 4.69) is 6.58 Å². The van der Waals surface area contributed by atoms with Crippen LogP contribution in [0.15, 0.2) is 36.5 Å². The molecule has 0 aliphatic carbocycles. The first-order valence-electron chi connectivity index (χ1n) is 3.90. The normalized spacial score (nSPS) is 12.4. The second kappa shape index (κ2) is 7.29. The second-order valence-corrected chi connectivity index (χ2v) is 2.30. The Balaban J connectivity index is 3.83. The molecule has 0 radical (unpaired) electrons. The molecule has 0 spiro atoms. The highest BCUT2D eigenvalue weighted by molar-refractivity contribution is 5.21. The maximum atomic E-state index is 8.56. The highest BCUT2D eigenvalue weighted by Gasteiger charge is 1.88. The van der Waals surface area contributed by atoms with Crippen molar-refractivity contribution in [3.63, 3.8) is 0 Å². The van der Waals surface area contributed by atoms with E-state index >= 15 is 0 Å². The van der Waals surface area contributed by atoms with Crippen LogP contribution in [0, 0.1) is 0 Å². The fraction of sp³-hybridized carbons (Fsp3) is 0.400. The third kappa shape index (κ3) is 5.62. The molecular formula is C10H16O. The molecule has 0 fully saturated rings. The zero-order valence-electron chi connectivity index (χ0n) is 7.09. The first-order chi connectivity index (χ1) is 5.35. The quantitative estimate of drug-likeness (QED) is 0.600. The molecule has 0 aromatic heterocycles. The van der Waals surface area contributed by atoms with E-state index in [-0.39, 0.29) is 6.61 Å². The Morgan fingerprint density at radius 1 is 1.55 bits per heavy atom.